The van der Waals surface area contributed by atoms with E-state index in [0.29, 0.717) is 12.1 Å². The lowest BCUT2D eigenvalue weighted by Crippen LogP contribution is -2.19. The number of aldehydes is 1. The zero-order valence-corrected chi connectivity index (χ0v) is 8.54. The summed E-state index contributed by atoms with van der Waals surface area (Å²) in [5, 5.41) is 0. The molecule has 80 valence electrons. The molecule has 0 amide bonds. The fourth-order valence-electron chi connectivity index (χ4n) is 1.40. The van der Waals surface area contributed by atoms with Crippen LogP contribution < -0.4 is 5.56 Å². The molecule has 0 aliphatic carbocycles. The molecule has 0 spiro atoms. The molecule has 0 bridgehead atoms. The highest BCUT2D eigenvalue weighted by Crippen LogP contribution is 2.03. The molecule has 0 saturated heterocycles. The lowest BCUT2D eigenvalue weighted by Gasteiger charge is -2.04. The van der Waals surface area contributed by atoms with Gasteiger partial charge in [0.1, 0.15) is 6.29 Å². The van der Waals surface area contributed by atoms with E-state index in [1.54, 1.807) is 12.1 Å². The molecule has 0 fully saturated rings. The number of hydrogen-bond acceptors (Lipinski definition) is 3. The van der Waals surface area contributed by atoms with E-state index in [2.05, 4.69) is 4.98 Å². The van der Waals surface area contributed by atoms with Crippen molar-refractivity contribution < 1.29 is 4.79 Å². The van der Waals surface area contributed by atoms with Gasteiger partial charge in [-0.25, -0.2) is 4.98 Å². The van der Waals surface area contributed by atoms with Gasteiger partial charge in [0, 0.05) is 17.8 Å². The number of carbonyl (C=O) groups is 1. The Balaban J connectivity index is 2.24. The highest BCUT2D eigenvalue weighted by atomic mass is 16.1. The Morgan fingerprint density at radius 3 is 2.56 bits per heavy atom. The average molecular weight is 214 g/mol. The van der Waals surface area contributed by atoms with Crippen molar-refractivity contribution in [2.24, 2.45) is 0 Å². The van der Waals surface area contributed by atoms with Gasteiger partial charge in [0.05, 0.1) is 12.9 Å². The first kappa shape index (κ1) is 10.3. The Morgan fingerprint density at radius 2 is 1.94 bits per heavy atom. The second-order valence-corrected chi connectivity index (χ2v) is 3.41. The van der Waals surface area contributed by atoms with Crippen LogP contribution in [0.4, 0.5) is 0 Å². The summed E-state index contributed by atoms with van der Waals surface area (Å²) >= 11 is 0. The molecule has 1 heterocycles. The summed E-state index contributed by atoms with van der Waals surface area (Å²) in [4.78, 5) is 25.8. The molecule has 0 unspecified atom stereocenters. The molecule has 1 aromatic carbocycles. The molecule has 0 aliphatic heterocycles. The van der Waals surface area contributed by atoms with Crippen LogP contribution in [0.25, 0.3) is 0 Å². The molecule has 4 nitrogen and oxygen atoms in total. The molecule has 2 rings (SSSR count). The molecule has 0 saturated carbocycles. The second-order valence-electron chi connectivity index (χ2n) is 3.41. The van der Waals surface area contributed by atoms with Crippen LogP contribution in [-0.2, 0) is 6.54 Å². The van der Waals surface area contributed by atoms with Crippen LogP contribution in [0.5, 0.6) is 0 Å². The number of rotatable bonds is 3. The molecule has 1 aromatic heterocycles. The summed E-state index contributed by atoms with van der Waals surface area (Å²) in [5.41, 5.74) is 1.50. The van der Waals surface area contributed by atoms with Gasteiger partial charge in [-0.1, -0.05) is 24.3 Å². The second kappa shape index (κ2) is 4.53. The Kier molecular flexibility index (Phi) is 2.91. The Morgan fingerprint density at radius 1 is 1.19 bits per heavy atom. The van der Waals surface area contributed by atoms with E-state index in [1.807, 2.05) is 12.1 Å². The van der Waals surface area contributed by atoms with E-state index in [1.165, 1.54) is 23.2 Å². The van der Waals surface area contributed by atoms with E-state index in [-0.39, 0.29) is 5.56 Å². The van der Waals surface area contributed by atoms with Crippen molar-refractivity contribution in [3.63, 3.8) is 0 Å². The highest BCUT2D eigenvalue weighted by Gasteiger charge is 1.97. The van der Waals surface area contributed by atoms with Crippen molar-refractivity contribution in [1.29, 1.82) is 0 Å². The Hall–Kier alpha value is -2.23. The van der Waals surface area contributed by atoms with Gasteiger partial charge in [-0.3, -0.25) is 14.2 Å². The van der Waals surface area contributed by atoms with Gasteiger partial charge < -0.3 is 0 Å². The van der Waals surface area contributed by atoms with Crippen LogP contribution in [0.15, 0.2) is 47.7 Å². The van der Waals surface area contributed by atoms with E-state index in [9.17, 15) is 9.59 Å². The molecule has 0 aliphatic rings. The lowest BCUT2D eigenvalue weighted by atomic mass is 10.1. The smallest absolute Gasteiger partial charge is 0.253 e. The molecule has 0 atom stereocenters. The minimum absolute atomic E-state index is 0.0885. The molecule has 2 aromatic rings. The topological polar surface area (TPSA) is 52.0 Å². The van der Waals surface area contributed by atoms with Crippen molar-refractivity contribution >= 4 is 6.29 Å². The Bertz CT molecular complexity index is 543. The van der Waals surface area contributed by atoms with Crippen LogP contribution in [0.2, 0.25) is 0 Å². The fourth-order valence-corrected chi connectivity index (χ4v) is 1.40. The third kappa shape index (κ3) is 2.23. The largest absolute Gasteiger partial charge is 0.298 e. The normalized spacial score (nSPS) is 10.0. The van der Waals surface area contributed by atoms with Crippen LogP contribution in [-0.4, -0.2) is 15.8 Å². The van der Waals surface area contributed by atoms with E-state index >= 15 is 0 Å². The summed E-state index contributed by atoms with van der Waals surface area (Å²) in [6.45, 7) is 0.464. The van der Waals surface area contributed by atoms with Crippen LogP contribution in [0.1, 0.15) is 15.9 Å². The number of hydrogen-bond donors (Lipinski definition) is 0. The van der Waals surface area contributed by atoms with Gasteiger partial charge in [-0.05, 0) is 5.56 Å². The van der Waals surface area contributed by atoms with Gasteiger partial charge in [-0.2, -0.15) is 0 Å². The van der Waals surface area contributed by atoms with Crippen molar-refractivity contribution in [1.82, 2.24) is 9.55 Å². The van der Waals surface area contributed by atoms with E-state index in [0.717, 1.165) is 11.8 Å². The predicted molar refractivity (Wildman–Crippen MR) is 59.4 cm³/mol. The summed E-state index contributed by atoms with van der Waals surface area (Å²) in [6.07, 6.45) is 3.75. The molecule has 16 heavy (non-hydrogen) atoms. The predicted octanol–water partition coefficient (Wildman–Crippen LogP) is 1.10. The van der Waals surface area contributed by atoms with Crippen molar-refractivity contribution in [3.8, 4) is 0 Å². The minimum atomic E-state index is -0.0885. The number of benzene rings is 1. The number of nitrogens with zero attached hydrogens (tertiary/aromatic N) is 2. The quantitative estimate of drug-likeness (QED) is 0.719. The molecular formula is C12H10N2O2. The zero-order chi connectivity index (χ0) is 11.4. The Labute approximate surface area is 92.2 Å². The fraction of sp³-hybridized carbons (Fsp3) is 0.0833. The summed E-state index contributed by atoms with van der Waals surface area (Å²) < 4.78 is 1.51. The zero-order valence-electron chi connectivity index (χ0n) is 8.54. The standard InChI is InChI=1S/C12H10N2O2/c15-8-11-3-1-10(2-4-11)7-14-9-13-6-5-12(14)16/h1-6,8-9H,7H2. The molecule has 0 radical (unpaired) electrons. The molecule has 4 heteroatoms. The number of aromatic nitrogens is 2. The van der Waals surface area contributed by atoms with Gasteiger partial charge in [0.25, 0.3) is 5.56 Å². The maximum absolute atomic E-state index is 11.4. The molecular weight excluding hydrogens is 204 g/mol. The van der Waals surface area contributed by atoms with E-state index < -0.39 is 0 Å². The van der Waals surface area contributed by atoms with Crippen LogP contribution in [0.3, 0.4) is 0 Å². The van der Waals surface area contributed by atoms with Crippen LogP contribution >= 0.6 is 0 Å². The molecule has 0 N–H and O–H groups in total. The lowest BCUT2D eigenvalue weighted by molar-refractivity contribution is 0.112. The highest BCUT2D eigenvalue weighted by molar-refractivity contribution is 5.74. The van der Waals surface area contributed by atoms with Crippen LogP contribution in [0, 0.1) is 0 Å². The van der Waals surface area contributed by atoms with Gasteiger partial charge in [0.2, 0.25) is 0 Å². The van der Waals surface area contributed by atoms with Crippen molar-refractivity contribution in [2.75, 3.05) is 0 Å². The monoisotopic (exact) mass is 214 g/mol. The maximum Gasteiger partial charge on any atom is 0.253 e. The van der Waals surface area contributed by atoms with Crippen molar-refractivity contribution in [2.45, 2.75) is 6.54 Å². The van der Waals surface area contributed by atoms with Crippen molar-refractivity contribution in [3.05, 3.63) is 64.3 Å². The first-order valence-electron chi connectivity index (χ1n) is 4.84. The first-order valence-corrected chi connectivity index (χ1v) is 4.84. The first-order chi connectivity index (χ1) is 7.79. The maximum atomic E-state index is 11.4. The summed E-state index contributed by atoms with van der Waals surface area (Å²) in [7, 11) is 0. The van der Waals surface area contributed by atoms with Gasteiger partial charge in [-0.15, -0.1) is 0 Å². The third-order valence-electron chi connectivity index (χ3n) is 2.26. The SMILES string of the molecule is O=Cc1ccc(Cn2cnccc2=O)cc1. The minimum Gasteiger partial charge on any atom is -0.298 e. The summed E-state index contributed by atoms with van der Waals surface area (Å²) in [5.74, 6) is 0. The average Bonchev–Trinajstić information content (AvgIpc) is 2.33. The summed E-state index contributed by atoms with van der Waals surface area (Å²) in [6, 6.07) is 8.51. The third-order valence-corrected chi connectivity index (χ3v) is 2.26. The number of carbonyl (C=O) groups excluding carboxylic acids is 1. The van der Waals surface area contributed by atoms with Gasteiger partial charge >= 0.3 is 0 Å². The van der Waals surface area contributed by atoms with Gasteiger partial charge in [0.15, 0.2) is 0 Å². The van der Waals surface area contributed by atoms with E-state index in [4.69, 9.17) is 0 Å².